The van der Waals surface area contributed by atoms with Crippen molar-refractivity contribution in [2.75, 3.05) is 0 Å². The van der Waals surface area contributed by atoms with Crippen LogP contribution in [0.3, 0.4) is 0 Å². The van der Waals surface area contributed by atoms with E-state index in [9.17, 15) is 0 Å². The first-order valence-electron chi connectivity index (χ1n) is 5.72. The lowest BCUT2D eigenvalue weighted by Gasteiger charge is -2.03. The third-order valence-corrected chi connectivity index (χ3v) is 3.13. The van der Waals surface area contributed by atoms with E-state index in [-0.39, 0.29) is 0 Å². The number of fused-ring (bicyclic) bond motifs is 1. The minimum Gasteiger partial charge on any atom is -0.150 e. The Morgan fingerprint density at radius 2 is 1.67 bits per heavy atom. The van der Waals surface area contributed by atoms with Crippen LogP contribution >= 0.6 is 11.6 Å². The molecule has 0 atom stereocenters. The number of halogens is 1. The van der Waals surface area contributed by atoms with E-state index >= 15 is 0 Å². The molecule has 18 heavy (non-hydrogen) atoms. The van der Waals surface area contributed by atoms with Crippen molar-refractivity contribution in [1.29, 1.82) is 0 Å². The van der Waals surface area contributed by atoms with Crippen LogP contribution in [0, 0.1) is 6.92 Å². The van der Waals surface area contributed by atoms with E-state index in [0.29, 0.717) is 0 Å². The molecule has 0 amide bonds. The third kappa shape index (κ3) is 2.07. The maximum Gasteiger partial charge on any atom is 0.0936 e. The molecule has 3 rings (SSSR count). The second-order valence-corrected chi connectivity index (χ2v) is 4.74. The van der Waals surface area contributed by atoms with Crippen molar-refractivity contribution >= 4 is 22.5 Å². The summed E-state index contributed by atoms with van der Waals surface area (Å²) in [6.07, 6.45) is 0. The van der Waals surface area contributed by atoms with E-state index < -0.39 is 0 Å². The molecule has 0 saturated heterocycles. The first kappa shape index (κ1) is 11.2. The molecule has 3 heteroatoms. The van der Waals surface area contributed by atoms with E-state index in [1.165, 1.54) is 5.56 Å². The van der Waals surface area contributed by atoms with Gasteiger partial charge in [0.25, 0.3) is 0 Å². The Kier molecular flexibility index (Phi) is 2.73. The van der Waals surface area contributed by atoms with Gasteiger partial charge in [-0.3, -0.25) is 0 Å². The van der Waals surface area contributed by atoms with Crippen LogP contribution in [0.1, 0.15) is 5.56 Å². The molecule has 0 saturated carbocycles. The van der Waals surface area contributed by atoms with Crippen molar-refractivity contribution in [3.05, 3.63) is 59.1 Å². The molecule has 0 aliphatic carbocycles. The van der Waals surface area contributed by atoms with Crippen LogP contribution in [0.2, 0.25) is 5.02 Å². The second-order valence-electron chi connectivity index (χ2n) is 4.30. The molecule has 0 unspecified atom stereocenters. The first-order valence-corrected chi connectivity index (χ1v) is 6.10. The predicted octanol–water partition coefficient (Wildman–Crippen LogP) is 4.26. The summed E-state index contributed by atoms with van der Waals surface area (Å²) in [5.74, 6) is 0. The SMILES string of the molecule is Cc1ccc2nnc(-c3ccc(Cl)cc3)cc2c1. The summed E-state index contributed by atoms with van der Waals surface area (Å²) in [6, 6.07) is 15.8. The van der Waals surface area contributed by atoms with Crippen LogP contribution in [0.4, 0.5) is 0 Å². The topological polar surface area (TPSA) is 25.8 Å². The zero-order valence-corrected chi connectivity index (χ0v) is 10.6. The number of benzene rings is 2. The molecule has 88 valence electrons. The molecule has 0 aliphatic heterocycles. The third-order valence-electron chi connectivity index (χ3n) is 2.88. The zero-order valence-electron chi connectivity index (χ0n) is 9.89. The second kappa shape index (κ2) is 4.39. The van der Waals surface area contributed by atoms with Gasteiger partial charge in [-0.1, -0.05) is 35.4 Å². The van der Waals surface area contributed by atoms with Crippen molar-refractivity contribution in [3.63, 3.8) is 0 Å². The van der Waals surface area contributed by atoms with Gasteiger partial charge in [0.2, 0.25) is 0 Å². The maximum atomic E-state index is 5.88. The molecule has 2 aromatic carbocycles. The number of rotatable bonds is 1. The predicted molar refractivity (Wildman–Crippen MR) is 74.7 cm³/mol. The van der Waals surface area contributed by atoms with E-state index in [1.54, 1.807) is 0 Å². The van der Waals surface area contributed by atoms with Gasteiger partial charge in [0.1, 0.15) is 0 Å². The minimum absolute atomic E-state index is 0.725. The summed E-state index contributed by atoms with van der Waals surface area (Å²) in [5.41, 5.74) is 4.02. The number of hydrogen-bond acceptors (Lipinski definition) is 2. The van der Waals surface area contributed by atoms with E-state index in [4.69, 9.17) is 11.6 Å². The molecule has 1 aromatic heterocycles. The summed E-state index contributed by atoms with van der Waals surface area (Å²) < 4.78 is 0. The largest absolute Gasteiger partial charge is 0.150 e. The van der Waals surface area contributed by atoms with Crippen LogP contribution in [-0.2, 0) is 0 Å². The average Bonchev–Trinajstić information content (AvgIpc) is 2.38. The molecule has 0 bridgehead atoms. The molecule has 0 aliphatic rings. The number of aryl methyl sites for hydroxylation is 1. The maximum absolute atomic E-state index is 5.88. The lowest BCUT2D eigenvalue weighted by molar-refractivity contribution is 1.08. The first-order chi connectivity index (χ1) is 8.72. The zero-order chi connectivity index (χ0) is 12.5. The quantitative estimate of drug-likeness (QED) is 0.648. The molecule has 2 nitrogen and oxygen atoms in total. The molecular weight excluding hydrogens is 244 g/mol. The minimum atomic E-state index is 0.725. The summed E-state index contributed by atoms with van der Waals surface area (Å²) in [5, 5.41) is 10.3. The normalized spacial score (nSPS) is 10.8. The highest BCUT2D eigenvalue weighted by molar-refractivity contribution is 6.30. The van der Waals surface area contributed by atoms with Gasteiger partial charge in [-0.15, -0.1) is 10.2 Å². The van der Waals surface area contributed by atoms with E-state index in [2.05, 4.69) is 29.3 Å². The fraction of sp³-hybridized carbons (Fsp3) is 0.0667. The Morgan fingerprint density at radius 1 is 0.889 bits per heavy atom. The number of aromatic nitrogens is 2. The molecule has 0 N–H and O–H groups in total. The van der Waals surface area contributed by atoms with Gasteiger partial charge in [-0.05, 0) is 37.3 Å². The Morgan fingerprint density at radius 3 is 2.44 bits per heavy atom. The Bertz CT molecular complexity index is 705. The molecule has 1 heterocycles. The van der Waals surface area contributed by atoms with Gasteiger partial charge in [0.15, 0.2) is 0 Å². The van der Waals surface area contributed by atoms with Gasteiger partial charge in [0, 0.05) is 16.0 Å². The van der Waals surface area contributed by atoms with E-state index in [0.717, 1.165) is 27.2 Å². The fourth-order valence-electron chi connectivity index (χ4n) is 1.93. The number of hydrogen-bond donors (Lipinski definition) is 0. The van der Waals surface area contributed by atoms with Gasteiger partial charge in [-0.2, -0.15) is 0 Å². The van der Waals surface area contributed by atoms with Crippen molar-refractivity contribution < 1.29 is 0 Å². The summed E-state index contributed by atoms with van der Waals surface area (Å²) in [4.78, 5) is 0. The molecule has 0 radical (unpaired) electrons. The summed E-state index contributed by atoms with van der Waals surface area (Å²) in [7, 11) is 0. The Labute approximate surface area is 110 Å². The summed E-state index contributed by atoms with van der Waals surface area (Å²) >= 11 is 5.88. The summed E-state index contributed by atoms with van der Waals surface area (Å²) in [6.45, 7) is 2.07. The lowest BCUT2D eigenvalue weighted by Crippen LogP contribution is -1.89. The smallest absolute Gasteiger partial charge is 0.0936 e. The van der Waals surface area contributed by atoms with Crippen LogP contribution in [0.5, 0.6) is 0 Å². The highest BCUT2D eigenvalue weighted by Crippen LogP contribution is 2.22. The number of nitrogens with zero attached hydrogens (tertiary/aromatic N) is 2. The standard InChI is InChI=1S/C15H11ClN2/c1-10-2-7-14-12(8-10)9-15(18-17-14)11-3-5-13(16)6-4-11/h2-9H,1H3. The van der Waals surface area contributed by atoms with Crippen molar-refractivity contribution in [1.82, 2.24) is 10.2 Å². The van der Waals surface area contributed by atoms with Gasteiger partial charge < -0.3 is 0 Å². The molecule has 3 aromatic rings. The molecular formula is C15H11ClN2. The highest BCUT2D eigenvalue weighted by Gasteiger charge is 2.03. The van der Waals surface area contributed by atoms with Gasteiger partial charge in [0.05, 0.1) is 11.2 Å². The van der Waals surface area contributed by atoms with Crippen LogP contribution in [0.15, 0.2) is 48.5 Å². The van der Waals surface area contributed by atoms with Crippen LogP contribution in [-0.4, -0.2) is 10.2 Å². The fourth-order valence-corrected chi connectivity index (χ4v) is 2.05. The highest BCUT2D eigenvalue weighted by atomic mass is 35.5. The Hall–Kier alpha value is -1.93. The Balaban J connectivity index is 2.15. The molecule has 0 fully saturated rings. The van der Waals surface area contributed by atoms with E-state index in [1.807, 2.05) is 36.4 Å². The average molecular weight is 255 g/mol. The van der Waals surface area contributed by atoms with Crippen LogP contribution < -0.4 is 0 Å². The van der Waals surface area contributed by atoms with Gasteiger partial charge in [-0.25, -0.2) is 0 Å². The van der Waals surface area contributed by atoms with Crippen LogP contribution in [0.25, 0.3) is 22.2 Å². The van der Waals surface area contributed by atoms with Gasteiger partial charge >= 0.3 is 0 Å². The monoisotopic (exact) mass is 254 g/mol. The van der Waals surface area contributed by atoms with Crippen molar-refractivity contribution in [2.45, 2.75) is 6.92 Å². The molecule has 0 spiro atoms. The lowest BCUT2D eigenvalue weighted by atomic mass is 10.1. The van der Waals surface area contributed by atoms with Crippen molar-refractivity contribution in [2.24, 2.45) is 0 Å². The van der Waals surface area contributed by atoms with Crippen molar-refractivity contribution in [3.8, 4) is 11.3 Å².